The summed E-state index contributed by atoms with van der Waals surface area (Å²) in [6.45, 7) is 2.06. The third kappa shape index (κ3) is 3.32. The van der Waals surface area contributed by atoms with E-state index in [1.165, 1.54) is 0 Å². The molecular weight excluding hydrogens is 234 g/mol. The molecule has 0 fully saturated rings. The molecule has 0 N–H and O–H groups in total. The molecule has 0 atom stereocenters. The van der Waals surface area contributed by atoms with Crippen molar-refractivity contribution in [2.45, 2.75) is 13.3 Å². The van der Waals surface area contributed by atoms with E-state index in [-0.39, 0.29) is 5.91 Å². The van der Waals surface area contributed by atoms with Gasteiger partial charge in [0.15, 0.2) is 0 Å². The first kappa shape index (κ1) is 13.1. The number of hydrogen-bond acceptors (Lipinski definition) is 1. The summed E-state index contributed by atoms with van der Waals surface area (Å²) in [5.74, 6) is -0.00588. The molecule has 0 amide bonds. The molecule has 0 aliphatic rings. The van der Waals surface area contributed by atoms with Crippen molar-refractivity contribution in [2.24, 2.45) is 0 Å². The largest absolute Gasteiger partial charge is 0.291 e. The van der Waals surface area contributed by atoms with Gasteiger partial charge in [0.25, 0.3) is 5.91 Å². The number of aromatic nitrogens is 1. The first-order valence-corrected chi connectivity index (χ1v) is 6.42. The van der Waals surface area contributed by atoms with Crippen LogP contribution in [0.3, 0.4) is 0 Å². The van der Waals surface area contributed by atoms with Crippen LogP contribution in [0.2, 0.25) is 0 Å². The predicted molar refractivity (Wildman–Crippen MR) is 77.6 cm³/mol. The minimum Gasteiger partial charge on any atom is -0.291 e. The number of nitrogens with zero attached hydrogens (tertiary/aromatic N) is 1. The Hall–Kier alpha value is -2.35. The minimum absolute atomic E-state index is 0.00588. The normalized spacial score (nSPS) is 9.74. The van der Waals surface area contributed by atoms with Gasteiger partial charge >= 0.3 is 0 Å². The zero-order valence-electron chi connectivity index (χ0n) is 11.0. The Morgan fingerprint density at radius 2 is 1.47 bits per heavy atom. The van der Waals surface area contributed by atoms with Crippen molar-refractivity contribution >= 4 is 5.91 Å². The third-order valence-electron chi connectivity index (χ3n) is 2.91. The van der Waals surface area contributed by atoms with Gasteiger partial charge in [-0.1, -0.05) is 49.4 Å². The van der Waals surface area contributed by atoms with E-state index in [0.717, 1.165) is 17.5 Å². The van der Waals surface area contributed by atoms with E-state index >= 15 is 0 Å². The van der Waals surface area contributed by atoms with Gasteiger partial charge in [-0.25, -0.2) is 0 Å². The fourth-order valence-electron chi connectivity index (χ4n) is 1.90. The molecule has 0 aliphatic carbocycles. The van der Waals surface area contributed by atoms with Gasteiger partial charge in [-0.3, -0.25) is 9.36 Å². The molecule has 2 heteroatoms. The highest BCUT2D eigenvalue weighted by Crippen LogP contribution is 2.11. The van der Waals surface area contributed by atoms with Crippen LogP contribution in [0.15, 0.2) is 73.1 Å². The average molecular weight is 251 g/mol. The van der Waals surface area contributed by atoms with Gasteiger partial charge in [0.1, 0.15) is 0 Å². The van der Waals surface area contributed by atoms with Gasteiger partial charge in [-0.05, 0) is 30.2 Å². The maximum absolute atomic E-state index is 12.5. The Morgan fingerprint density at radius 1 is 0.895 bits per heavy atom. The fraction of sp³-hybridized carbons (Fsp3) is 0.118. The SMILES string of the molecule is CCc1ccccc1C(=O)n1cccccccc1. The quantitative estimate of drug-likeness (QED) is 0.794. The Morgan fingerprint density at radius 3 is 2.11 bits per heavy atom. The summed E-state index contributed by atoms with van der Waals surface area (Å²) < 4.78 is 1.61. The molecule has 19 heavy (non-hydrogen) atoms. The van der Waals surface area contributed by atoms with Crippen molar-refractivity contribution < 1.29 is 4.79 Å². The van der Waals surface area contributed by atoms with Gasteiger partial charge in [0.05, 0.1) is 0 Å². The summed E-state index contributed by atoms with van der Waals surface area (Å²) in [6, 6.07) is 19.1. The maximum atomic E-state index is 12.5. The second-order valence-corrected chi connectivity index (χ2v) is 4.18. The number of benzene rings is 1. The van der Waals surface area contributed by atoms with Crippen molar-refractivity contribution in [3.8, 4) is 0 Å². The van der Waals surface area contributed by atoms with Crippen LogP contribution >= 0.6 is 0 Å². The summed E-state index contributed by atoms with van der Waals surface area (Å²) >= 11 is 0. The molecule has 0 bridgehead atoms. The Balaban J connectivity index is 2.48. The van der Waals surface area contributed by atoms with E-state index in [9.17, 15) is 4.79 Å². The number of rotatable bonds is 2. The predicted octanol–water partition coefficient (Wildman–Crippen LogP) is 3.86. The van der Waals surface area contributed by atoms with Crippen molar-refractivity contribution in [1.29, 1.82) is 0 Å². The molecule has 0 unspecified atom stereocenters. The second kappa shape index (κ2) is 6.55. The number of aryl methyl sites for hydroxylation is 1. The van der Waals surface area contributed by atoms with Crippen molar-refractivity contribution in [3.05, 3.63) is 84.2 Å². The lowest BCUT2D eigenvalue weighted by atomic mass is 10.0. The van der Waals surface area contributed by atoms with Gasteiger partial charge in [-0.15, -0.1) is 0 Å². The van der Waals surface area contributed by atoms with Crippen LogP contribution in [0.25, 0.3) is 0 Å². The molecular formula is C17H17NO. The highest BCUT2D eigenvalue weighted by molar-refractivity contribution is 5.97. The van der Waals surface area contributed by atoms with Crippen molar-refractivity contribution in [1.82, 2.24) is 4.57 Å². The van der Waals surface area contributed by atoms with Gasteiger partial charge in [-0.2, -0.15) is 0 Å². The van der Waals surface area contributed by atoms with Gasteiger partial charge in [0.2, 0.25) is 0 Å². The molecule has 1 aromatic carbocycles. The number of hydrogen-bond donors (Lipinski definition) is 0. The van der Waals surface area contributed by atoms with Gasteiger partial charge in [0, 0.05) is 18.0 Å². The van der Waals surface area contributed by atoms with Crippen molar-refractivity contribution in [3.63, 3.8) is 0 Å². The summed E-state index contributed by atoms with van der Waals surface area (Å²) in [4.78, 5) is 12.5. The average Bonchev–Trinajstić information content (AvgIpc) is 2.60. The van der Waals surface area contributed by atoms with Crippen LogP contribution < -0.4 is 0 Å². The Bertz CT molecular complexity index is 588. The Labute approximate surface area is 113 Å². The molecule has 0 aliphatic heterocycles. The molecule has 0 spiro atoms. The zero-order valence-corrected chi connectivity index (χ0v) is 11.0. The monoisotopic (exact) mass is 251 g/mol. The number of carbonyl (C=O) groups excluding carboxylic acids is 1. The van der Waals surface area contributed by atoms with E-state index in [1.807, 2.05) is 60.7 Å². The third-order valence-corrected chi connectivity index (χ3v) is 2.91. The van der Waals surface area contributed by atoms with Crippen LogP contribution in [-0.4, -0.2) is 10.5 Å². The molecule has 2 rings (SSSR count). The standard InChI is InChI=1S/C17H17NO/c1-2-15-11-7-8-12-16(15)17(19)18-13-9-5-3-4-6-10-14-18/h3-14H,2H2,1H3. The molecule has 2 aromatic rings. The first-order valence-electron chi connectivity index (χ1n) is 6.42. The fourth-order valence-corrected chi connectivity index (χ4v) is 1.90. The van der Waals surface area contributed by atoms with E-state index in [2.05, 4.69) is 6.92 Å². The van der Waals surface area contributed by atoms with Gasteiger partial charge < -0.3 is 0 Å². The van der Waals surface area contributed by atoms with Crippen LogP contribution in [0.1, 0.15) is 22.8 Å². The highest BCUT2D eigenvalue weighted by Gasteiger charge is 2.09. The molecule has 0 radical (unpaired) electrons. The lowest BCUT2D eigenvalue weighted by molar-refractivity contribution is 0.0958. The molecule has 1 heterocycles. The van der Waals surface area contributed by atoms with Crippen LogP contribution in [0.4, 0.5) is 0 Å². The summed E-state index contributed by atoms with van der Waals surface area (Å²) in [6.07, 6.45) is 4.40. The smallest absolute Gasteiger partial charge is 0.262 e. The van der Waals surface area contributed by atoms with Crippen LogP contribution in [-0.2, 0) is 6.42 Å². The topological polar surface area (TPSA) is 22.0 Å². The summed E-state index contributed by atoms with van der Waals surface area (Å²) in [5, 5.41) is 0. The minimum atomic E-state index is -0.00588. The van der Waals surface area contributed by atoms with Crippen LogP contribution in [0, 0.1) is 0 Å². The molecule has 0 saturated carbocycles. The molecule has 1 aromatic heterocycles. The first-order chi connectivity index (χ1) is 9.33. The Kier molecular flexibility index (Phi) is 4.51. The molecule has 0 saturated heterocycles. The van der Waals surface area contributed by atoms with Crippen molar-refractivity contribution in [2.75, 3.05) is 0 Å². The summed E-state index contributed by atoms with van der Waals surface area (Å²) in [5.41, 5.74) is 1.83. The maximum Gasteiger partial charge on any atom is 0.262 e. The lowest BCUT2D eigenvalue weighted by Gasteiger charge is -2.07. The number of carbonyl (C=O) groups is 1. The molecule has 2 nitrogen and oxygen atoms in total. The molecule has 96 valence electrons. The van der Waals surface area contributed by atoms with E-state index < -0.39 is 0 Å². The van der Waals surface area contributed by atoms with E-state index in [1.54, 1.807) is 17.0 Å². The lowest BCUT2D eigenvalue weighted by Crippen LogP contribution is -2.12. The van der Waals surface area contributed by atoms with E-state index in [0.29, 0.717) is 0 Å². The van der Waals surface area contributed by atoms with Crippen LogP contribution in [0.5, 0.6) is 0 Å². The highest BCUT2D eigenvalue weighted by atomic mass is 16.2. The summed E-state index contributed by atoms with van der Waals surface area (Å²) in [7, 11) is 0. The van der Waals surface area contributed by atoms with E-state index in [4.69, 9.17) is 0 Å². The zero-order chi connectivity index (χ0) is 13.5. The second-order valence-electron chi connectivity index (χ2n) is 4.18.